The minimum atomic E-state index is 0.710. The van der Waals surface area contributed by atoms with Crippen LogP contribution in [0.5, 0.6) is 0 Å². The Morgan fingerprint density at radius 1 is 0.793 bits per heavy atom. The fourth-order valence-corrected chi connectivity index (χ4v) is 2.91. The van der Waals surface area contributed by atoms with Crippen molar-refractivity contribution in [2.45, 2.75) is 26.9 Å². The van der Waals surface area contributed by atoms with Crippen LogP contribution < -0.4 is 16.0 Å². The minimum Gasteiger partial charge on any atom is -0.354 e. The molecule has 5 nitrogen and oxygen atoms in total. The second-order valence-electron chi connectivity index (χ2n) is 6.67. The summed E-state index contributed by atoms with van der Waals surface area (Å²) < 4.78 is 0. The van der Waals surface area contributed by atoms with Crippen molar-refractivity contribution in [1.82, 2.24) is 5.32 Å². The van der Waals surface area contributed by atoms with Crippen LogP contribution in [-0.4, -0.2) is 13.2 Å². The fourth-order valence-electron chi connectivity index (χ4n) is 2.91. The van der Waals surface area contributed by atoms with Gasteiger partial charge >= 0.3 is 0 Å². The number of carbonyl (C=O) groups is 2. The molecule has 0 aromatic heterocycles. The maximum Gasteiger partial charge on any atom is 0.211 e. The van der Waals surface area contributed by atoms with Crippen LogP contribution in [-0.2, 0) is 22.7 Å². The number of amides is 1. The highest BCUT2D eigenvalue weighted by atomic mass is 16.1. The van der Waals surface area contributed by atoms with E-state index in [2.05, 4.69) is 66.2 Å². The average molecular weight is 389 g/mol. The number of nitrogens with one attached hydrogen (secondary N) is 3. The zero-order valence-corrected chi connectivity index (χ0v) is 16.9. The Bertz CT molecular complexity index is 924. The second kappa shape index (κ2) is 11.4. The first-order chi connectivity index (χ1) is 14.2. The van der Waals surface area contributed by atoms with E-state index in [1.54, 1.807) is 0 Å². The molecule has 0 spiro atoms. The third-order valence-electron chi connectivity index (χ3n) is 4.49. The van der Waals surface area contributed by atoms with Gasteiger partial charge in [-0.05, 0) is 48.7 Å². The van der Waals surface area contributed by atoms with Gasteiger partial charge in [-0.1, -0.05) is 54.1 Å². The summed E-state index contributed by atoms with van der Waals surface area (Å²) in [7, 11) is 0. The van der Waals surface area contributed by atoms with Crippen molar-refractivity contribution in [2.24, 2.45) is 0 Å². The van der Waals surface area contributed by atoms with E-state index in [1.807, 2.05) is 37.1 Å². The molecule has 3 aromatic carbocycles. The number of para-hydroxylation sites is 1. The lowest BCUT2D eigenvalue weighted by Crippen LogP contribution is -2.13. The van der Waals surface area contributed by atoms with E-state index in [0.29, 0.717) is 6.41 Å². The number of benzene rings is 3. The summed E-state index contributed by atoms with van der Waals surface area (Å²) in [6.45, 7) is 7.68. The van der Waals surface area contributed by atoms with Crippen molar-refractivity contribution in [3.8, 4) is 0 Å². The Morgan fingerprint density at radius 2 is 1.45 bits per heavy atom. The van der Waals surface area contributed by atoms with Gasteiger partial charge in [0.25, 0.3) is 0 Å². The van der Waals surface area contributed by atoms with E-state index in [9.17, 15) is 4.79 Å². The van der Waals surface area contributed by atoms with Gasteiger partial charge in [-0.3, -0.25) is 4.79 Å². The van der Waals surface area contributed by atoms with E-state index < -0.39 is 0 Å². The number of hydrogen-bond acceptors (Lipinski definition) is 4. The molecule has 0 radical (unpaired) electrons. The van der Waals surface area contributed by atoms with Gasteiger partial charge in [0, 0.05) is 18.8 Å². The Labute approximate surface area is 172 Å². The topological polar surface area (TPSA) is 70.2 Å². The van der Waals surface area contributed by atoms with E-state index in [-0.39, 0.29) is 0 Å². The molecule has 0 heterocycles. The van der Waals surface area contributed by atoms with Gasteiger partial charge in [-0.25, -0.2) is 0 Å². The molecule has 3 N–H and O–H groups in total. The summed E-state index contributed by atoms with van der Waals surface area (Å²) in [4.78, 5) is 19.0. The molecule has 0 saturated heterocycles. The standard InChI is InChI=1S/C23H25N3O.CH2O/c1-17-7-9-19(10-8-17)14-24-15-20-11-12-22(23(13-20)25-16-27)26-21-6-4-3-5-18(21)2;1-2/h3-13,16,24,26H,14-15H2,1-2H3,(H,25,27);1H2. The smallest absolute Gasteiger partial charge is 0.211 e. The molecule has 5 heteroatoms. The molecule has 3 aromatic rings. The lowest BCUT2D eigenvalue weighted by Gasteiger charge is -2.15. The van der Waals surface area contributed by atoms with Gasteiger partial charge in [-0.2, -0.15) is 0 Å². The first kappa shape index (κ1) is 21.9. The van der Waals surface area contributed by atoms with Crippen molar-refractivity contribution in [3.05, 3.63) is 89.0 Å². The maximum atomic E-state index is 11.0. The zero-order valence-electron chi connectivity index (χ0n) is 16.9. The molecule has 29 heavy (non-hydrogen) atoms. The van der Waals surface area contributed by atoms with Crippen molar-refractivity contribution < 1.29 is 9.59 Å². The molecule has 0 aliphatic heterocycles. The molecule has 0 atom stereocenters. The normalized spacial score (nSPS) is 9.86. The van der Waals surface area contributed by atoms with Crippen LogP contribution in [0, 0.1) is 13.8 Å². The number of hydrogen-bond donors (Lipinski definition) is 3. The number of carbonyl (C=O) groups excluding carboxylic acids is 2. The van der Waals surface area contributed by atoms with Crippen molar-refractivity contribution in [2.75, 3.05) is 10.6 Å². The molecular weight excluding hydrogens is 362 g/mol. The van der Waals surface area contributed by atoms with Gasteiger partial charge in [0.2, 0.25) is 6.41 Å². The van der Waals surface area contributed by atoms with E-state index >= 15 is 0 Å². The van der Waals surface area contributed by atoms with E-state index in [4.69, 9.17) is 4.79 Å². The van der Waals surface area contributed by atoms with Crippen LogP contribution in [0.3, 0.4) is 0 Å². The zero-order chi connectivity index (χ0) is 21.1. The molecule has 3 rings (SSSR count). The molecule has 0 fully saturated rings. The van der Waals surface area contributed by atoms with Crippen LogP contribution in [0.4, 0.5) is 17.1 Å². The summed E-state index contributed by atoms with van der Waals surface area (Å²) >= 11 is 0. The van der Waals surface area contributed by atoms with Crippen LogP contribution in [0.25, 0.3) is 0 Å². The minimum absolute atomic E-state index is 0.710. The van der Waals surface area contributed by atoms with Crippen molar-refractivity contribution >= 4 is 30.3 Å². The SMILES string of the molecule is C=O.Cc1ccc(CNCc2ccc(Nc3ccccc3C)c(NC=O)c2)cc1. The van der Waals surface area contributed by atoms with Crippen molar-refractivity contribution in [3.63, 3.8) is 0 Å². The van der Waals surface area contributed by atoms with E-state index in [0.717, 1.165) is 41.3 Å². The highest BCUT2D eigenvalue weighted by Gasteiger charge is 2.06. The van der Waals surface area contributed by atoms with Crippen LogP contribution in [0.2, 0.25) is 0 Å². The van der Waals surface area contributed by atoms with Crippen LogP contribution in [0.15, 0.2) is 66.7 Å². The Morgan fingerprint density at radius 3 is 2.14 bits per heavy atom. The van der Waals surface area contributed by atoms with E-state index in [1.165, 1.54) is 11.1 Å². The van der Waals surface area contributed by atoms with Gasteiger partial charge in [-0.15, -0.1) is 0 Å². The first-order valence-corrected chi connectivity index (χ1v) is 9.36. The van der Waals surface area contributed by atoms with Crippen LogP contribution >= 0.6 is 0 Å². The summed E-state index contributed by atoms with van der Waals surface area (Å²) in [6.07, 6.45) is 0.710. The summed E-state index contributed by atoms with van der Waals surface area (Å²) in [5, 5.41) is 9.65. The van der Waals surface area contributed by atoms with Gasteiger partial charge in [0.1, 0.15) is 6.79 Å². The maximum absolute atomic E-state index is 11.0. The van der Waals surface area contributed by atoms with Gasteiger partial charge < -0.3 is 20.7 Å². The summed E-state index contributed by atoms with van der Waals surface area (Å²) in [5.41, 5.74) is 7.45. The van der Waals surface area contributed by atoms with Crippen molar-refractivity contribution in [1.29, 1.82) is 0 Å². The highest BCUT2D eigenvalue weighted by molar-refractivity contribution is 5.84. The second-order valence-corrected chi connectivity index (χ2v) is 6.67. The Kier molecular flexibility index (Phi) is 8.60. The molecule has 0 aliphatic carbocycles. The van der Waals surface area contributed by atoms with Crippen LogP contribution in [0.1, 0.15) is 22.3 Å². The molecule has 0 unspecified atom stereocenters. The number of aryl methyl sites for hydroxylation is 2. The number of rotatable bonds is 8. The van der Waals surface area contributed by atoms with Gasteiger partial charge in [0.05, 0.1) is 11.4 Å². The monoisotopic (exact) mass is 389 g/mol. The fraction of sp³-hybridized carbons (Fsp3) is 0.167. The molecular formula is C24H27N3O2. The predicted octanol–water partition coefficient (Wildman–Crippen LogP) is 4.72. The Hall–Kier alpha value is -3.44. The largest absolute Gasteiger partial charge is 0.354 e. The molecule has 0 saturated carbocycles. The predicted molar refractivity (Wildman–Crippen MR) is 119 cm³/mol. The number of anilines is 3. The third kappa shape index (κ3) is 6.59. The quantitative estimate of drug-likeness (QED) is 0.488. The third-order valence-corrected chi connectivity index (χ3v) is 4.49. The molecule has 0 aliphatic rings. The lowest BCUT2D eigenvalue weighted by molar-refractivity contribution is -0.105. The Balaban J connectivity index is 0.00000145. The summed E-state index contributed by atoms with van der Waals surface area (Å²) in [6, 6.07) is 22.7. The molecule has 150 valence electrons. The first-order valence-electron chi connectivity index (χ1n) is 9.36. The lowest BCUT2D eigenvalue weighted by atomic mass is 10.1. The average Bonchev–Trinajstić information content (AvgIpc) is 2.74. The molecule has 0 bridgehead atoms. The molecule has 1 amide bonds. The van der Waals surface area contributed by atoms with Gasteiger partial charge in [0.15, 0.2) is 0 Å². The highest BCUT2D eigenvalue weighted by Crippen LogP contribution is 2.28. The summed E-state index contributed by atoms with van der Waals surface area (Å²) in [5.74, 6) is 0.